The molecule has 3 aromatic rings. The first-order valence-corrected chi connectivity index (χ1v) is 7.33. The number of hydrogen-bond acceptors (Lipinski definition) is 2. The second-order valence-corrected chi connectivity index (χ2v) is 5.82. The Morgan fingerprint density at radius 1 is 0.727 bits per heavy atom. The third kappa shape index (κ3) is 1.81. The molecule has 0 radical (unpaired) electrons. The number of rotatable bonds is 1. The summed E-state index contributed by atoms with van der Waals surface area (Å²) in [7, 11) is 0. The van der Waals surface area contributed by atoms with Crippen LogP contribution >= 0.6 is 0 Å². The van der Waals surface area contributed by atoms with E-state index in [1.54, 1.807) is 6.07 Å². The highest BCUT2D eigenvalue weighted by Gasteiger charge is 2.39. The number of aryl methyl sites for hydroxylation is 1. The number of benzene rings is 3. The van der Waals surface area contributed by atoms with Crippen molar-refractivity contribution >= 4 is 22.3 Å². The molecule has 0 heterocycles. The molecule has 106 valence electrons. The van der Waals surface area contributed by atoms with Gasteiger partial charge in [0, 0.05) is 11.1 Å². The zero-order chi connectivity index (χ0) is 15.3. The van der Waals surface area contributed by atoms with Crippen LogP contribution in [0, 0.1) is 6.92 Å². The molecule has 0 saturated heterocycles. The SMILES string of the molecule is Cc1ccc2c(c1)C(=O)C(c1ccc3ccccc3c1)C2=O. The van der Waals surface area contributed by atoms with Crippen LogP contribution in [0.4, 0.5) is 0 Å². The van der Waals surface area contributed by atoms with E-state index in [1.165, 1.54) is 0 Å². The predicted molar refractivity (Wildman–Crippen MR) is 86.5 cm³/mol. The highest BCUT2D eigenvalue weighted by atomic mass is 16.2. The van der Waals surface area contributed by atoms with Gasteiger partial charge >= 0.3 is 0 Å². The van der Waals surface area contributed by atoms with Gasteiger partial charge in [0.15, 0.2) is 11.6 Å². The largest absolute Gasteiger partial charge is 0.293 e. The van der Waals surface area contributed by atoms with E-state index in [9.17, 15) is 9.59 Å². The van der Waals surface area contributed by atoms with Crippen molar-refractivity contribution < 1.29 is 9.59 Å². The topological polar surface area (TPSA) is 34.1 Å². The van der Waals surface area contributed by atoms with E-state index in [1.807, 2.05) is 61.5 Å². The van der Waals surface area contributed by atoms with E-state index in [4.69, 9.17) is 0 Å². The summed E-state index contributed by atoms with van der Waals surface area (Å²) in [4.78, 5) is 25.3. The molecule has 22 heavy (non-hydrogen) atoms. The molecule has 2 heteroatoms. The minimum Gasteiger partial charge on any atom is -0.293 e. The Hall–Kier alpha value is -2.74. The first-order valence-electron chi connectivity index (χ1n) is 7.33. The van der Waals surface area contributed by atoms with Gasteiger partial charge in [-0.3, -0.25) is 9.59 Å². The summed E-state index contributed by atoms with van der Waals surface area (Å²) in [5.74, 6) is -0.865. The van der Waals surface area contributed by atoms with E-state index in [0.717, 1.165) is 21.9 Å². The Balaban J connectivity index is 1.86. The Morgan fingerprint density at radius 3 is 2.27 bits per heavy atom. The predicted octanol–water partition coefficient (Wildman–Crippen LogP) is 4.31. The molecule has 0 spiro atoms. The minimum absolute atomic E-state index is 0.0843. The van der Waals surface area contributed by atoms with Crippen molar-refractivity contribution in [2.45, 2.75) is 12.8 Å². The van der Waals surface area contributed by atoms with Crippen LogP contribution in [0.5, 0.6) is 0 Å². The van der Waals surface area contributed by atoms with Gasteiger partial charge < -0.3 is 0 Å². The van der Waals surface area contributed by atoms with Crippen LogP contribution in [0.3, 0.4) is 0 Å². The molecule has 0 bridgehead atoms. The summed E-state index contributed by atoms with van der Waals surface area (Å²) >= 11 is 0. The third-order valence-corrected chi connectivity index (χ3v) is 4.34. The second kappa shape index (κ2) is 4.63. The molecule has 2 nitrogen and oxygen atoms in total. The molecule has 0 fully saturated rings. The van der Waals surface area contributed by atoms with E-state index < -0.39 is 5.92 Å². The maximum Gasteiger partial charge on any atom is 0.178 e. The molecule has 1 atom stereocenters. The van der Waals surface area contributed by atoms with Crippen LogP contribution in [0.25, 0.3) is 10.8 Å². The zero-order valence-corrected chi connectivity index (χ0v) is 12.2. The van der Waals surface area contributed by atoms with Crippen molar-refractivity contribution in [1.82, 2.24) is 0 Å². The summed E-state index contributed by atoms with van der Waals surface area (Å²) in [5, 5.41) is 2.16. The molecule has 3 aromatic carbocycles. The van der Waals surface area contributed by atoms with E-state index in [-0.39, 0.29) is 11.6 Å². The van der Waals surface area contributed by atoms with Gasteiger partial charge in [-0.1, -0.05) is 54.1 Å². The molecule has 1 unspecified atom stereocenters. The molecule has 0 N–H and O–H groups in total. The molecule has 0 aromatic heterocycles. The standard InChI is InChI=1S/C20H14O2/c1-12-6-9-16-17(10-12)20(22)18(19(16)21)15-8-7-13-4-2-3-5-14(13)11-15/h2-11,18H,1H3. The van der Waals surface area contributed by atoms with Crippen molar-refractivity contribution in [3.8, 4) is 0 Å². The van der Waals surface area contributed by atoms with Crippen LogP contribution in [-0.4, -0.2) is 11.6 Å². The molecule has 4 rings (SSSR count). The van der Waals surface area contributed by atoms with E-state index in [0.29, 0.717) is 11.1 Å². The molecule has 1 aliphatic carbocycles. The van der Waals surface area contributed by atoms with Gasteiger partial charge in [-0.2, -0.15) is 0 Å². The maximum absolute atomic E-state index is 12.7. The van der Waals surface area contributed by atoms with E-state index >= 15 is 0 Å². The fraction of sp³-hybridized carbons (Fsp3) is 0.100. The Bertz CT molecular complexity index is 937. The average molecular weight is 286 g/mol. The normalized spacial score (nSPS) is 17.0. The number of Topliss-reactive ketones (excluding diaryl/α,β-unsaturated/α-hetero) is 2. The number of carbonyl (C=O) groups is 2. The van der Waals surface area contributed by atoms with Gasteiger partial charge in [-0.05, 0) is 35.4 Å². The monoisotopic (exact) mass is 286 g/mol. The first-order chi connectivity index (χ1) is 10.6. The highest BCUT2D eigenvalue weighted by Crippen LogP contribution is 2.35. The van der Waals surface area contributed by atoms with Gasteiger partial charge in [0.2, 0.25) is 0 Å². The number of carbonyl (C=O) groups excluding carboxylic acids is 2. The molecule has 0 aliphatic heterocycles. The van der Waals surface area contributed by atoms with Gasteiger partial charge in [-0.25, -0.2) is 0 Å². The van der Waals surface area contributed by atoms with Crippen LogP contribution in [0.1, 0.15) is 37.8 Å². The maximum atomic E-state index is 12.7. The van der Waals surface area contributed by atoms with Gasteiger partial charge in [0.25, 0.3) is 0 Å². The second-order valence-electron chi connectivity index (χ2n) is 5.82. The zero-order valence-electron chi connectivity index (χ0n) is 12.2. The summed E-state index contributed by atoms with van der Waals surface area (Å²) in [6.45, 7) is 1.93. The molecule has 1 aliphatic rings. The number of fused-ring (bicyclic) bond motifs is 2. The van der Waals surface area contributed by atoms with Crippen LogP contribution in [0.15, 0.2) is 60.7 Å². The third-order valence-electron chi connectivity index (χ3n) is 4.34. The highest BCUT2D eigenvalue weighted by molar-refractivity contribution is 6.29. The van der Waals surface area contributed by atoms with Crippen molar-refractivity contribution in [2.24, 2.45) is 0 Å². The van der Waals surface area contributed by atoms with Crippen molar-refractivity contribution in [3.63, 3.8) is 0 Å². The fourth-order valence-corrected chi connectivity index (χ4v) is 3.20. The molecule has 0 amide bonds. The Kier molecular flexibility index (Phi) is 2.73. The Labute approximate surface area is 128 Å². The lowest BCUT2D eigenvalue weighted by atomic mass is 9.92. The molecule has 0 saturated carbocycles. The average Bonchev–Trinajstić information content (AvgIpc) is 2.78. The van der Waals surface area contributed by atoms with Crippen molar-refractivity contribution in [2.75, 3.05) is 0 Å². The summed E-state index contributed by atoms with van der Waals surface area (Å²) in [6.07, 6.45) is 0. The quantitative estimate of drug-likeness (QED) is 0.625. The van der Waals surface area contributed by atoms with Crippen molar-refractivity contribution in [1.29, 1.82) is 0 Å². The van der Waals surface area contributed by atoms with Gasteiger partial charge in [0.1, 0.15) is 5.92 Å². The Morgan fingerprint density at radius 2 is 1.45 bits per heavy atom. The van der Waals surface area contributed by atoms with Crippen LogP contribution in [-0.2, 0) is 0 Å². The lowest BCUT2D eigenvalue weighted by Crippen LogP contribution is -2.12. The smallest absolute Gasteiger partial charge is 0.178 e. The van der Waals surface area contributed by atoms with Crippen molar-refractivity contribution in [3.05, 3.63) is 82.9 Å². The van der Waals surface area contributed by atoms with Gasteiger partial charge in [-0.15, -0.1) is 0 Å². The first kappa shape index (κ1) is 13.0. The number of ketones is 2. The molecular weight excluding hydrogens is 272 g/mol. The number of hydrogen-bond donors (Lipinski definition) is 0. The summed E-state index contributed by atoms with van der Waals surface area (Å²) < 4.78 is 0. The van der Waals surface area contributed by atoms with Crippen LogP contribution in [0.2, 0.25) is 0 Å². The summed E-state index contributed by atoms with van der Waals surface area (Å²) in [5.41, 5.74) is 2.89. The molecular formula is C20H14O2. The van der Waals surface area contributed by atoms with Gasteiger partial charge in [0.05, 0.1) is 0 Å². The lowest BCUT2D eigenvalue weighted by molar-refractivity contribution is 0.0890. The van der Waals surface area contributed by atoms with E-state index in [2.05, 4.69) is 0 Å². The van der Waals surface area contributed by atoms with Crippen LogP contribution < -0.4 is 0 Å². The minimum atomic E-state index is -0.693. The fourth-order valence-electron chi connectivity index (χ4n) is 3.20. The summed E-state index contributed by atoms with van der Waals surface area (Å²) in [6, 6.07) is 19.2. The lowest BCUT2D eigenvalue weighted by Gasteiger charge is -2.08.